The number of aryl methyl sites for hydroxylation is 1. The van der Waals surface area contributed by atoms with E-state index in [1.165, 1.54) is 0 Å². The first-order chi connectivity index (χ1) is 21.8. The molecular formula is C38H44O9. The Bertz CT molecular complexity index is 1780. The molecule has 0 radical (unpaired) electrons. The number of aliphatic hydroxyl groups is 3. The third-order valence-electron chi connectivity index (χ3n) is 10.6. The Morgan fingerprint density at radius 3 is 2.17 bits per heavy atom. The number of hydrogen-bond donors (Lipinski definition) is 4. The maximum absolute atomic E-state index is 14.6. The molecule has 1 unspecified atom stereocenters. The summed E-state index contributed by atoms with van der Waals surface area (Å²) in [5.74, 6) is -6.21. The molecular weight excluding hydrogens is 600 g/mol. The average molecular weight is 645 g/mol. The lowest BCUT2D eigenvalue weighted by Gasteiger charge is -2.59. The molecule has 0 spiro atoms. The number of allylic oxidation sites excluding steroid dienone is 1. The summed E-state index contributed by atoms with van der Waals surface area (Å²) in [7, 11) is 0. The third kappa shape index (κ3) is 4.93. The molecule has 0 aromatic heterocycles. The van der Waals surface area contributed by atoms with Gasteiger partial charge >= 0.3 is 5.97 Å². The lowest BCUT2D eigenvalue weighted by Crippen LogP contribution is -2.69. The smallest absolute Gasteiger partial charge is 0.315 e. The standard InChI is InChI=1S/C38H44O9/c1-9-21-10-12-23(13-11-21)47-26(40)15-22-14-24(18(2)3)25-16-36(7)17-37(8)29(19(4)5)32(42)27(20(6)39)34(44)38(37,46)35(45)30(36)33(43)28(25)31(22)41/h10-14,18-19,29,41,43-44,46H,9,15-17H2,1-8H3/t29?,36-,37-,38+/m1/s1. The number of rotatable bonds is 7. The molecule has 2 aromatic rings. The summed E-state index contributed by atoms with van der Waals surface area (Å²) >= 11 is 0. The first-order valence-corrected chi connectivity index (χ1v) is 16.2. The van der Waals surface area contributed by atoms with Gasteiger partial charge in [0.1, 0.15) is 28.6 Å². The van der Waals surface area contributed by atoms with E-state index in [1.54, 1.807) is 45.9 Å². The van der Waals surface area contributed by atoms with Gasteiger partial charge in [0.25, 0.3) is 0 Å². The van der Waals surface area contributed by atoms with E-state index < -0.39 is 74.4 Å². The fourth-order valence-corrected chi connectivity index (χ4v) is 8.64. The molecule has 250 valence electrons. The van der Waals surface area contributed by atoms with Crippen molar-refractivity contribution in [1.82, 2.24) is 0 Å². The van der Waals surface area contributed by atoms with Crippen molar-refractivity contribution in [2.45, 2.75) is 92.6 Å². The van der Waals surface area contributed by atoms with E-state index in [1.807, 2.05) is 32.9 Å². The molecule has 4 atom stereocenters. The second kappa shape index (κ2) is 11.5. The molecule has 47 heavy (non-hydrogen) atoms. The van der Waals surface area contributed by atoms with Crippen molar-refractivity contribution in [2.75, 3.05) is 0 Å². The normalized spacial score (nSPS) is 27.2. The van der Waals surface area contributed by atoms with Crippen LogP contribution in [0.4, 0.5) is 0 Å². The van der Waals surface area contributed by atoms with Gasteiger partial charge in [-0.15, -0.1) is 0 Å². The summed E-state index contributed by atoms with van der Waals surface area (Å²) in [6.07, 6.45) is 0.677. The summed E-state index contributed by atoms with van der Waals surface area (Å²) in [6.45, 7) is 13.9. The fourth-order valence-electron chi connectivity index (χ4n) is 8.64. The molecule has 0 amide bonds. The van der Waals surface area contributed by atoms with Gasteiger partial charge in [-0.2, -0.15) is 0 Å². The highest BCUT2D eigenvalue weighted by Crippen LogP contribution is 2.65. The molecule has 0 bridgehead atoms. The highest BCUT2D eigenvalue weighted by atomic mass is 16.5. The zero-order valence-corrected chi connectivity index (χ0v) is 28.3. The third-order valence-corrected chi connectivity index (χ3v) is 10.6. The largest absolute Gasteiger partial charge is 0.508 e. The Balaban J connectivity index is 1.68. The average Bonchev–Trinajstić information content (AvgIpc) is 2.96. The van der Waals surface area contributed by atoms with E-state index in [0.717, 1.165) is 24.5 Å². The van der Waals surface area contributed by atoms with Crippen molar-refractivity contribution in [3.05, 3.63) is 75.1 Å². The number of ketones is 3. The van der Waals surface area contributed by atoms with Crippen LogP contribution in [0.1, 0.15) is 95.5 Å². The van der Waals surface area contributed by atoms with Crippen molar-refractivity contribution < 1.29 is 44.3 Å². The Kier molecular flexibility index (Phi) is 8.33. The molecule has 3 aliphatic carbocycles. The molecule has 5 rings (SSSR count). The van der Waals surface area contributed by atoms with Gasteiger partial charge in [0, 0.05) is 27.9 Å². The fraction of sp³-hybridized carbons (Fsp3) is 0.474. The molecule has 1 fully saturated rings. The van der Waals surface area contributed by atoms with Crippen LogP contribution in [-0.4, -0.2) is 49.3 Å². The van der Waals surface area contributed by atoms with Crippen LogP contribution in [0.15, 0.2) is 47.2 Å². The molecule has 9 heteroatoms. The van der Waals surface area contributed by atoms with Gasteiger partial charge in [0.2, 0.25) is 5.78 Å². The van der Waals surface area contributed by atoms with E-state index in [-0.39, 0.29) is 41.9 Å². The van der Waals surface area contributed by atoms with Crippen LogP contribution in [0, 0.1) is 22.7 Å². The number of esters is 1. The highest BCUT2D eigenvalue weighted by Gasteiger charge is 2.72. The minimum atomic E-state index is -2.69. The molecule has 0 heterocycles. The van der Waals surface area contributed by atoms with Crippen LogP contribution in [0.25, 0.3) is 5.76 Å². The maximum Gasteiger partial charge on any atom is 0.315 e. The minimum absolute atomic E-state index is 0.00804. The number of benzene rings is 2. The predicted molar refractivity (Wildman–Crippen MR) is 175 cm³/mol. The number of hydrogen-bond acceptors (Lipinski definition) is 9. The number of Topliss-reactive ketones (excluding diaryl/α,β-unsaturated/α-hetero) is 3. The Hall–Kier alpha value is -4.24. The first-order valence-electron chi connectivity index (χ1n) is 16.2. The van der Waals surface area contributed by atoms with Gasteiger partial charge in [-0.1, -0.05) is 66.7 Å². The molecule has 3 aliphatic rings. The number of carbonyl (C=O) groups is 4. The van der Waals surface area contributed by atoms with E-state index in [0.29, 0.717) is 11.3 Å². The van der Waals surface area contributed by atoms with Gasteiger partial charge in [-0.25, -0.2) is 0 Å². The zero-order chi connectivity index (χ0) is 35.0. The van der Waals surface area contributed by atoms with Gasteiger partial charge in [-0.05, 0) is 66.8 Å². The summed E-state index contributed by atoms with van der Waals surface area (Å²) in [5, 5.41) is 47.2. The topological polar surface area (TPSA) is 158 Å². The Morgan fingerprint density at radius 2 is 1.64 bits per heavy atom. The molecule has 1 saturated carbocycles. The van der Waals surface area contributed by atoms with Crippen LogP contribution < -0.4 is 4.74 Å². The van der Waals surface area contributed by atoms with Crippen LogP contribution >= 0.6 is 0 Å². The van der Waals surface area contributed by atoms with Crippen molar-refractivity contribution in [1.29, 1.82) is 0 Å². The van der Waals surface area contributed by atoms with Crippen molar-refractivity contribution in [3.8, 4) is 11.5 Å². The van der Waals surface area contributed by atoms with Crippen molar-refractivity contribution >= 4 is 29.1 Å². The minimum Gasteiger partial charge on any atom is -0.508 e. The molecule has 0 saturated heterocycles. The van der Waals surface area contributed by atoms with E-state index >= 15 is 0 Å². The second-order valence-electron chi connectivity index (χ2n) is 14.6. The number of fused-ring (bicyclic) bond motifs is 3. The van der Waals surface area contributed by atoms with Gasteiger partial charge in [-0.3, -0.25) is 19.2 Å². The summed E-state index contributed by atoms with van der Waals surface area (Å²) in [4.78, 5) is 54.0. The van der Waals surface area contributed by atoms with Gasteiger partial charge < -0.3 is 25.2 Å². The number of ether oxygens (including phenoxy) is 1. The SMILES string of the molecule is CCc1ccc(OC(=O)Cc2cc(C(C)C)c3c(c2O)C(O)=C2C(=O)[C@@]4(O)C(O)=C(C(C)=O)C(=O)C(C(C)C)[C@@]4(C)C[C@@]2(C)C3)cc1. The van der Waals surface area contributed by atoms with Crippen molar-refractivity contribution in [2.24, 2.45) is 22.7 Å². The van der Waals surface area contributed by atoms with Crippen molar-refractivity contribution in [3.63, 3.8) is 0 Å². The molecule has 0 aliphatic heterocycles. The number of carbonyl (C=O) groups excluding carboxylic acids is 4. The summed E-state index contributed by atoms with van der Waals surface area (Å²) < 4.78 is 5.53. The lowest BCUT2D eigenvalue weighted by molar-refractivity contribution is -0.178. The molecule has 9 nitrogen and oxygen atoms in total. The predicted octanol–water partition coefficient (Wildman–Crippen LogP) is 6.02. The quantitative estimate of drug-likeness (QED) is 0.161. The van der Waals surface area contributed by atoms with Crippen LogP contribution in [0.2, 0.25) is 0 Å². The van der Waals surface area contributed by atoms with E-state index in [2.05, 4.69) is 0 Å². The summed E-state index contributed by atoms with van der Waals surface area (Å²) in [6, 6.07) is 8.82. The number of phenols is 1. The van der Waals surface area contributed by atoms with Crippen LogP contribution in [-0.2, 0) is 38.4 Å². The zero-order valence-electron chi connectivity index (χ0n) is 28.3. The number of aromatic hydroxyl groups is 1. The van der Waals surface area contributed by atoms with E-state index in [9.17, 15) is 39.6 Å². The van der Waals surface area contributed by atoms with Crippen LogP contribution in [0.3, 0.4) is 0 Å². The lowest BCUT2D eigenvalue weighted by atomic mass is 9.43. The first kappa shape index (κ1) is 34.1. The molecule has 2 aromatic carbocycles. The van der Waals surface area contributed by atoms with Gasteiger partial charge in [0.05, 0.1) is 12.0 Å². The van der Waals surface area contributed by atoms with Crippen LogP contribution in [0.5, 0.6) is 11.5 Å². The number of phenolic OH excluding ortho intramolecular Hbond substituents is 1. The Labute approximate surface area is 275 Å². The summed E-state index contributed by atoms with van der Waals surface area (Å²) in [5.41, 5.74) is -3.60. The molecule has 4 N–H and O–H groups in total. The Morgan fingerprint density at radius 1 is 1.02 bits per heavy atom. The van der Waals surface area contributed by atoms with Gasteiger partial charge in [0.15, 0.2) is 17.2 Å². The maximum atomic E-state index is 14.6. The highest BCUT2D eigenvalue weighted by molar-refractivity contribution is 6.24. The monoisotopic (exact) mass is 644 g/mol. The number of aliphatic hydroxyl groups excluding tert-OH is 2. The second-order valence-corrected chi connectivity index (χ2v) is 14.6. The van der Waals surface area contributed by atoms with E-state index in [4.69, 9.17) is 4.74 Å².